The van der Waals surface area contributed by atoms with E-state index in [1.807, 2.05) is 124 Å². The molecule has 0 aliphatic carbocycles. The van der Waals surface area contributed by atoms with Crippen LogP contribution in [0.5, 0.6) is 0 Å². The summed E-state index contributed by atoms with van der Waals surface area (Å²) in [6.45, 7) is 31.7. The Morgan fingerprint density at radius 3 is 1.47 bits per heavy atom. The molecule has 0 spiro atoms. The van der Waals surface area contributed by atoms with Gasteiger partial charge in [-0.05, 0) is 192 Å². The minimum absolute atomic E-state index is 0.101. The molecule has 1 unspecified atom stereocenters. The van der Waals surface area contributed by atoms with Gasteiger partial charge in [0.1, 0.15) is 48.5 Å². The average Bonchev–Trinajstić information content (AvgIpc) is 1.57. The quantitative estimate of drug-likeness (QED) is 0.0195. The molecule has 5 aliphatic rings. The highest BCUT2D eigenvalue weighted by molar-refractivity contribution is 6.67. The molecule has 39 heteroatoms. The van der Waals surface area contributed by atoms with Gasteiger partial charge in [0, 0.05) is 57.1 Å². The van der Waals surface area contributed by atoms with Gasteiger partial charge in [-0.2, -0.15) is 0 Å². The van der Waals surface area contributed by atoms with E-state index in [1.165, 1.54) is 36.4 Å². The molecule has 9 amide bonds. The number of halogens is 3. The molecule has 6 aromatic rings. The van der Waals surface area contributed by atoms with Crippen molar-refractivity contribution in [3.8, 4) is 0 Å². The number of cyclic esters (lactones) is 2. The summed E-state index contributed by atoms with van der Waals surface area (Å²) in [5, 5.41) is 23.6. The highest BCUT2D eigenvalue weighted by atomic mass is 35.6. The SMILES string of the molecule is COCC(NC(=O)[C@@H](OC(=O)C(C)(C)/C=C/c1ccc2ccc([C@@H](C)NC(=O)OC(C)(C)C)nc2c1)C(C)C)C(=O)N1CCC[C@@H](C(=O)OCC(Cl)(Cl)Cl)N1.COC[C@@H]1NC(=O)[C@H](C(C)C)OC(=O)C(C)(C)/C=C/c2ccc3ccc(nc3c2)[C@@H](C)NC(=O)[C@@H]2CCCN(N2)C1=O.COC[C@H]1NC(=O)[C@H](C(C)C)OC(=O)C(C)(C)/C=C/c2ccc3ccc(nc3c2)[C@@H](C)NC(=O)[C@@H]2CCCN(N2)C1=O. The molecule has 11 rings (SSSR count). The Morgan fingerprint density at radius 2 is 1.02 bits per heavy atom. The molecule has 3 aromatic heterocycles. The molecule has 139 heavy (non-hydrogen) atoms. The van der Waals surface area contributed by atoms with Crippen molar-refractivity contribution in [2.24, 2.45) is 34.0 Å². The number of ether oxygens (including phenoxy) is 8. The summed E-state index contributed by atoms with van der Waals surface area (Å²) in [6.07, 6.45) is 9.56. The molecule has 10 bridgehead atoms. The second-order valence-corrected chi connectivity index (χ2v) is 41.5. The van der Waals surface area contributed by atoms with Crippen molar-refractivity contribution in [3.05, 3.63) is 143 Å². The molecule has 0 radical (unpaired) electrons. The predicted molar refractivity (Wildman–Crippen MR) is 525 cm³/mol. The maximum atomic E-state index is 13.6. The first kappa shape index (κ1) is 111. The molecule has 12 atom stereocenters. The zero-order valence-corrected chi connectivity index (χ0v) is 85.1. The van der Waals surface area contributed by atoms with Crippen LogP contribution < -0.4 is 48.2 Å². The number of nitrogens with zero attached hydrogens (tertiary/aromatic N) is 6. The number of pyridine rings is 3. The molecule has 36 nitrogen and oxygen atoms in total. The Hall–Kier alpha value is -11.4. The maximum Gasteiger partial charge on any atom is 0.408 e. The molecule has 3 saturated heterocycles. The van der Waals surface area contributed by atoms with Gasteiger partial charge in [-0.3, -0.25) is 87.5 Å². The first-order chi connectivity index (χ1) is 65.3. The topological polar surface area (TPSA) is 452 Å². The van der Waals surface area contributed by atoms with Crippen LogP contribution in [0.25, 0.3) is 50.9 Å². The highest BCUT2D eigenvalue weighted by Gasteiger charge is 2.44. The third-order valence-electron chi connectivity index (χ3n) is 23.4. The number of carbonyl (C=O) groups excluding carboxylic acids is 13. The number of methoxy groups -OCH3 is 3. The standard InChI is InChI=1S/C38H52Cl3N5O9.2C31H41N5O6/c1-22(2)30(31(47)44-29(20-52-9)32(48)46-18-10-11-27(45-46)33(49)53-21-38(39,40)41)54-34(50)37(7,8)17-16-24-12-13-25-14-15-26(43-28(25)19-24)23(3)42-35(51)55-36(4,5)6;2*1-18(2)26-28(38)34-25(17-41-6)29(39)36-15-7-8-23(35-36)27(37)32-19(3)22-12-11-21-10-9-20(16-24(21)33-22)13-14-31(4,5)30(40)42-26/h12-17,19,22-23,27,29-30,45H,10-11,18,20-21H2,1-9H3,(H,42,51)(H,44,47);2*9-14,16,18-19,23,25-26,35H,7-8,15,17H2,1-6H3,(H,32,37)(H,34,38)/b17-16+;2*14-13+/t23-,27+,29?,30+;19-,23+,25+,26+;19-,23+,25-,26+/m111/s1. The number of alkyl carbamates (subject to hydrolysis) is 1. The number of benzene rings is 3. The fourth-order valence-corrected chi connectivity index (χ4v) is 15.4. The smallest absolute Gasteiger partial charge is 0.408 e. The molecule has 3 fully saturated rings. The van der Waals surface area contributed by atoms with Crippen LogP contribution in [0, 0.1) is 34.0 Å². The third kappa shape index (κ3) is 31.8. The van der Waals surface area contributed by atoms with Crippen LogP contribution in [-0.2, 0) is 95.4 Å². The third-order valence-corrected chi connectivity index (χ3v) is 23.8. The Morgan fingerprint density at radius 1 is 0.561 bits per heavy atom. The van der Waals surface area contributed by atoms with Crippen LogP contribution in [0.4, 0.5) is 4.79 Å². The zero-order chi connectivity index (χ0) is 103. The van der Waals surface area contributed by atoms with Crippen LogP contribution in [0.2, 0.25) is 0 Å². The van der Waals surface area contributed by atoms with Gasteiger partial charge in [0.15, 0.2) is 18.3 Å². The average molecular weight is 1990 g/mol. The van der Waals surface area contributed by atoms with Crippen molar-refractivity contribution in [1.82, 2.24) is 78.2 Å². The monoisotopic (exact) mass is 1990 g/mol. The lowest BCUT2D eigenvalue weighted by molar-refractivity contribution is -0.165. The summed E-state index contributed by atoms with van der Waals surface area (Å²) >= 11 is 17.1. The lowest BCUT2D eigenvalue weighted by atomic mass is 9.91. The summed E-state index contributed by atoms with van der Waals surface area (Å²) in [6, 6.07) is 22.0. The first-order valence-electron chi connectivity index (χ1n) is 46.7. The zero-order valence-electron chi connectivity index (χ0n) is 82.9. The van der Waals surface area contributed by atoms with E-state index in [0.717, 1.165) is 43.9 Å². The van der Waals surface area contributed by atoms with Crippen molar-refractivity contribution in [2.75, 3.05) is 67.4 Å². The van der Waals surface area contributed by atoms with Crippen molar-refractivity contribution < 1.29 is 100 Å². The van der Waals surface area contributed by atoms with Crippen molar-refractivity contribution in [3.63, 3.8) is 0 Å². The first-order valence-corrected chi connectivity index (χ1v) is 47.8. The fraction of sp³-hybridized carbons (Fsp3) is 0.540. The van der Waals surface area contributed by atoms with Gasteiger partial charge in [-0.1, -0.05) is 167 Å². The number of hydrazine groups is 3. The number of aromatic nitrogens is 3. The van der Waals surface area contributed by atoms with Gasteiger partial charge in [-0.25, -0.2) is 21.1 Å². The van der Waals surface area contributed by atoms with E-state index in [9.17, 15) is 62.3 Å². The molecule has 8 heterocycles. The molecule has 9 N–H and O–H groups in total. The normalized spacial score (nSPS) is 22.8. The highest BCUT2D eigenvalue weighted by Crippen LogP contribution is 2.33. The summed E-state index contributed by atoms with van der Waals surface area (Å²) < 4.78 is 41.6. The van der Waals surface area contributed by atoms with E-state index < -0.39 is 164 Å². The summed E-state index contributed by atoms with van der Waals surface area (Å²) in [7, 11) is 4.23. The Labute approximate surface area is 826 Å². The summed E-state index contributed by atoms with van der Waals surface area (Å²) in [4.78, 5) is 187. The van der Waals surface area contributed by atoms with Gasteiger partial charge in [0.2, 0.25) is 15.6 Å². The van der Waals surface area contributed by atoms with Crippen LogP contribution in [0.1, 0.15) is 215 Å². The van der Waals surface area contributed by atoms with Gasteiger partial charge >= 0.3 is 30.0 Å². The number of esters is 4. The van der Waals surface area contributed by atoms with Gasteiger partial charge in [0.25, 0.3) is 35.4 Å². The summed E-state index contributed by atoms with van der Waals surface area (Å²) in [5.41, 5.74) is 11.6. The second-order valence-electron chi connectivity index (χ2n) is 39.0. The van der Waals surface area contributed by atoms with Crippen LogP contribution in [0.15, 0.2) is 109 Å². The fourth-order valence-electron chi connectivity index (χ4n) is 15.2. The van der Waals surface area contributed by atoms with E-state index >= 15 is 0 Å². The van der Waals surface area contributed by atoms with Crippen molar-refractivity contribution in [2.45, 2.75) is 245 Å². The molecule has 5 aliphatic heterocycles. The maximum absolute atomic E-state index is 13.6. The predicted octanol–water partition coefficient (Wildman–Crippen LogP) is 11.3. The van der Waals surface area contributed by atoms with E-state index in [2.05, 4.69) is 48.2 Å². The van der Waals surface area contributed by atoms with Gasteiger partial charge < -0.3 is 69.8 Å². The van der Waals surface area contributed by atoms with E-state index in [1.54, 1.807) is 128 Å². The van der Waals surface area contributed by atoms with E-state index in [4.69, 9.17) is 87.6 Å². The van der Waals surface area contributed by atoms with Crippen molar-refractivity contribution >= 4 is 163 Å². The molecule has 756 valence electrons. The number of carbonyl (C=O) groups is 13. The second kappa shape index (κ2) is 49.2. The molecular weight excluding hydrogens is 1850 g/mol. The Kier molecular flexibility index (Phi) is 39.4. The number of nitrogens with one attached hydrogen (secondary N) is 9. The van der Waals surface area contributed by atoms with Gasteiger partial charge in [-0.15, -0.1) is 0 Å². The van der Waals surface area contributed by atoms with Crippen LogP contribution in [0.3, 0.4) is 0 Å². The number of rotatable bonds is 20. The molecule has 3 aromatic carbocycles. The Balaban J connectivity index is 0.000000236. The molecule has 0 saturated carbocycles. The van der Waals surface area contributed by atoms with Gasteiger partial charge in [0.05, 0.1) is 87.8 Å². The van der Waals surface area contributed by atoms with E-state index in [0.29, 0.717) is 74.2 Å². The number of fused-ring (bicyclic) bond motifs is 9. The summed E-state index contributed by atoms with van der Waals surface area (Å²) in [5.74, 6) is -7.60. The number of hydrogen-bond donors (Lipinski definition) is 9. The van der Waals surface area contributed by atoms with Crippen LogP contribution >= 0.6 is 34.8 Å². The number of alkyl halides is 3. The Bertz CT molecular complexity index is 5320. The number of amides is 9. The number of hydrogen-bond acceptors (Lipinski definition) is 27. The van der Waals surface area contributed by atoms with E-state index in [-0.39, 0.29) is 62.1 Å². The minimum Gasteiger partial charge on any atom is -0.460 e. The largest absolute Gasteiger partial charge is 0.460 e. The van der Waals surface area contributed by atoms with Crippen LogP contribution in [-0.4, -0.2) is 239 Å². The lowest BCUT2D eigenvalue weighted by Gasteiger charge is -2.36. The van der Waals surface area contributed by atoms with Crippen molar-refractivity contribution in [1.29, 1.82) is 0 Å². The minimum atomic E-state index is -1.79. The molecular formula is C100H134Cl3N15O21. The lowest BCUT2D eigenvalue weighted by Crippen LogP contribution is -2.62.